The van der Waals surface area contributed by atoms with Gasteiger partial charge >= 0.3 is 0 Å². The Hall–Kier alpha value is -2.27. The largest absolute Gasteiger partial charge is 0.315 e. The van der Waals surface area contributed by atoms with Crippen LogP contribution in [0.1, 0.15) is 43.2 Å². The summed E-state index contributed by atoms with van der Waals surface area (Å²) in [4.78, 5) is 0. The van der Waals surface area contributed by atoms with Crippen LogP contribution in [-0.4, -0.2) is 5.54 Å². The van der Waals surface area contributed by atoms with Gasteiger partial charge in [0.15, 0.2) is 0 Å². The molecule has 0 saturated heterocycles. The van der Waals surface area contributed by atoms with Crippen molar-refractivity contribution in [1.29, 1.82) is 0 Å². The van der Waals surface area contributed by atoms with Crippen molar-refractivity contribution in [2.45, 2.75) is 44.6 Å². The van der Waals surface area contributed by atoms with Crippen molar-refractivity contribution in [2.75, 3.05) is 0 Å². The van der Waals surface area contributed by atoms with Gasteiger partial charge < -0.3 is 5.73 Å². The molecule has 0 heterocycles. The Morgan fingerprint density at radius 1 is 0.926 bits per heavy atom. The fourth-order valence-electron chi connectivity index (χ4n) is 3.96. The van der Waals surface area contributed by atoms with Crippen LogP contribution in [-0.2, 0) is 0 Å². The van der Waals surface area contributed by atoms with Crippen molar-refractivity contribution in [3.05, 3.63) is 70.7 Å². The SMILES string of the molecule is Cc1cc(-c2ccc(Cl)cc2)c2cc(C#CC3(N)CCCCC3)ccc2c1. The molecule has 1 aliphatic carbocycles. The summed E-state index contributed by atoms with van der Waals surface area (Å²) in [6.45, 7) is 2.13. The van der Waals surface area contributed by atoms with Crippen molar-refractivity contribution < 1.29 is 0 Å². The van der Waals surface area contributed by atoms with E-state index < -0.39 is 0 Å². The highest BCUT2D eigenvalue weighted by atomic mass is 35.5. The molecule has 0 spiro atoms. The molecule has 3 aromatic carbocycles. The van der Waals surface area contributed by atoms with E-state index in [4.69, 9.17) is 17.3 Å². The Bertz CT molecular complexity index is 1030. The summed E-state index contributed by atoms with van der Waals surface area (Å²) in [6.07, 6.45) is 5.65. The van der Waals surface area contributed by atoms with Gasteiger partial charge in [-0.15, -0.1) is 0 Å². The quantitative estimate of drug-likeness (QED) is 0.485. The number of benzene rings is 3. The zero-order valence-electron chi connectivity index (χ0n) is 15.7. The second-order valence-corrected chi connectivity index (χ2v) is 8.16. The van der Waals surface area contributed by atoms with Gasteiger partial charge in [-0.1, -0.05) is 73.0 Å². The van der Waals surface area contributed by atoms with Crippen LogP contribution in [0.3, 0.4) is 0 Å². The molecule has 0 atom stereocenters. The lowest BCUT2D eigenvalue weighted by Crippen LogP contribution is -2.40. The van der Waals surface area contributed by atoms with Crippen LogP contribution in [0.25, 0.3) is 21.9 Å². The Kier molecular flexibility index (Phi) is 4.96. The summed E-state index contributed by atoms with van der Waals surface area (Å²) in [5.74, 6) is 6.72. The molecular weight excluding hydrogens is 350 g/mol. The average Bonchev–Trinajstić information content (AvgIpc) is 2.67. The van der Waals surface area contributed by atoms with Crippen molar-refractivity contribution in [3.63, 3.8) is 0 Å². The minimum absolute atomic E-state index is 0.320. The highest BCUT2D eigenvalue weighted by Crippen LogP contribution is 2.32. The number of hydrogen-bond acceptors (Lipinski definition) is 1. The second-order valence-electron chi connectivity index (χ2n) is 7.72. The van der Waals surface area contributed by atoms with E-state index in [-0.39, 0.29) is 5.54 Å². The minimum atomic E-state index is -0.320. The third-order valence-electron chi connectivity index (χ3n) is 5.46. The summed E-state index contributed by atoms with van der Waals surface area (Å²) in [6, 6.07) is 18.9. The smallest absolute Gasteiger partial charge is 0.0779 e. The van der Waals surface area contributed by atoms with Crippen LogP contribution in [0.2, 0.25) is 5.02 Å². The third-order valence-corrected chi connectivity index (χ3v) is 5.71. The molecule has 1 aliphatic rings. The summed E-state index contributed by atoms with van der Waals surface area (Å²) >= 11 is 6.07. The van der Waals surface area contributed by atoms with Gasteiger partial charge in [0.2, 0.25) is 0 Å². The van der Waals surface area contributed by atoms with Gasteiger partial charge in [0.05, 0.1) is 5.54 Å². The normalized spacial score (nSPS) is 16.0. The summed E-state index contributed by atoms with van der Waals surface area (Å²) in [5, 5.41) is 3.19. The number of rotatable bonds is 1. The lowest BCUT2D eigenvalue weighted by molar-refractivity contribution is 0.370. The number of hydrogen-bond donors (Lipinski definition) is 1. The molecule has 0 aliphatic heterocycles. The van der Waals surface area contributed by atoms with Gasteiger partial charge in [0.1, 0.15) is 0 Å². The van der Waals surface area contributed by atoms with E-state index in [2.05, 4.69) is 61.2 Å². The Morgan fingerprint density at radius 3 is 2.41 bits per heavy atom. The molecule has 0 unspecified atom stereocenters. The monoisotopic (exact) mass is 373 g/mol. The van der Waals surface area contributed by atoms with Gasteiger partial charge in [-0.05, 0) is 71.5 Å². The predicted octanol–water partition coefficient (Wildman–Crippen LogP) is 6.48. The lowest BCUT2D eigenvalue weighted by Gasteiger charge is -2.27. The molecule has 27 heavy (non-hydrogen) atoms. The van der Waals surface area contributed by atoms with Crippen LogP contribution >= 0.6 is 11.6 Å². The van der Waals surface area contributed by atoms with Crippen molar-refractivity contribution in [2.24, 2.45) is 5.73 Å². The van der Waals surface area contributed by atoms with Gasteiger partial charge in [0.25, 0.3) is 0 Å². The summed E-state index contributed by atoms with van der Waals surface area (Å²) in [7, 11) is 0. The topological polar surface area (TPSA) is 26.0 Å². The van der Waals surface area contributed by atoms with E-state index >= 15 is 0 Å². The molecule has 1 saturated carbocycles. The first-order valence-corrected chi connectivity index (χ1v) is 10.0. The highest BCUT2D eigenvalue weighted by Gasteiger charge is 2.24. The van der Waals surface area contributed by atoms with Gasteiger partial charge in [-0.2, -0.15) is 0 Å². The second kappa shape index (κ2) is 7.39. The number of aryl methyl sites for hydroxylation is 1. The Morgan fingerprint density at radius 2 is 1.67 bits per heavy atom. The average molecular weight is 374 g/mol. The molecule has 4 rings (SSSR count). The minimum Gasteiger partial charge on any atom is -0.315 e. The van der Waals surface area contributed by atoms with Gasteiger partial charge in [0, 0.05) is 10.6 Å². The zero-order valence-corrected chi connectivity index (χ0v) is 16.4. The van der Waals surface area contributed by atoms with Crippen molar-refractivity contribution in [3.8, 4) is 23.0 Å². The molecule has 2 heteroatoms. The van der Waals surface area contributed by atoms with Crippen LogP contribution < -0.4 is 5.73 Å². The molecule has 1 nitrogen and oxygen atoms in total. The molecule has 3 aromatic rings. The summed E-state index contributed by atoms with van der Waals surface area (Å²) in [5.41, 5.74) is 10.8. The van der Waals surface area contributed by atoms with Crippen LogP contribution in [0.5, 0.6) is 0 Å². The van der Waals surface area contributed by atoms with Crippen molar-refractivity contribution >= 4 is 22.4 Å². The molecule has 0 radical (unpaired) electrons. The molecular formula is C25H24ClN. The third kappa shape index (κ3) is 4.03. The standard InChI is InChI=1S/C25H24ClN/c1-18-15-21-6-5-19(11-14-25(27)12-3-2-4-13-25)17-24(21)23(16-18)20-7-9-22(26)10-8-20/h5-10,15-17H,2-4,12-13,27H2,1H3. The first-order valence-electron chi connectivity index (χ1n) is 9.65. The van der Waals surface area contributed by atoms with Crippen LogP contribution in [0, 0.1) is 18.8 Å². The predicted molar refractivity (Wildman–Crippen MR) is 116 cm³/mol. The molecule has 0 amide bonds. The van der Waals surface area contributed by atoms with Gasteiger partial charge in [-0.25, -0.2) is 0 Å². The molecule has 0 aromatic heterocycles. The highest BCUT2D eigenvalue weighted by molar-refractivity contribution is 6.30. The first kappa shape index (κ1) is 18.1. The van der Waals surface area contributed by atoms with Crippen LogP contribution in [0.4, 0.5) is 0 Å². The maximum atomic E-state index is 6.49. The molecule has 2 N–H and O–H groups in total. The molecule has 0 bridgehead atoms. The van der Waals surface area contributed by atoms with E-state index in [0.29, 0.717) is 0 Å². The van der Waals surface area contributed by atoms with E-state index in [1.807, 2.05) is 12.1 Å². The number of nitrogens with two attached hydrogens (primary N) is 1. The maximum Gasteiger partial charge on any atom is 0.0779 e. The fraction of sp³-hybridized carbons (Fsp3) is 0.280. The number of fused-ring (bicyclic) bond motifs is 1. The zero-order chi connectivity index (χ0) is 18.9. The van der Waals surface area contributed by atoms with E-state index in [0.717, 1.165) is 23.4 Å². The first-order chi connectivity index (χ1) is 13.0. The molecule has 136 valence electrons. The fourth-order valence-corrected chi connectivity index (χ4v) is 4.08. The Balaban J connectivity index is 1.78. The van der Waals surface area contributed by atoms with Crippen molar-refractivity contribution in [1.82, 2.24) is 0 Å². The Labute approximate surface area is 166 Å². The summed E-state index contributed by atoms with van der Waals surface area (Å²) < 4.78 is 0. The van der Waals surface area contributed by atoms with Gasteiger partial charge in [-0.3, -0.25) is 0 Å². The van der Waals surface area contributed by atoms with E-state index in [1.54, 1.807) is 0 Å². The maximum absolute atomic E-state index is 6.49. The molecule has 1 fully saturated rings. The number of halogens is 1. The van der Waals surface area contributed by atoms with E-state index in [9.17, 15) is 0 Å². The van der Waals surface area contributed by atoms with Crippen LogP contribution in [0.15, 0.2) is 54.6 Å². The lowest BCUT2D eigenvalue weighted by atomic mass is 9.83. The van der Waals surface area contributed by atoms with E-state index in [1.165, 1.54) is 46.7 Å².